The lowest BCUT2D eigenvalue weighted by molar-refractivity contribution is 0.146. The maximum Gasteiger partial charge on any atom is 0.415 e. The second-order valence-electron chi connectivity index (χ2n) is 5.52. The number of ether oxygens (including phenoxy) is 1. The Balaban J connectivity index is 1.45. The summed E-state index contributed by atoms with van der Waals surface area (Å²) in [4.78, 5) is 18.1. The van der Waals surface area contributed by atoms with E-state index in [2.05, 4.69) is 10.3 Å². The van der Waals surface area contributed by atoms with E-state index in [9.17, 15) is 4.79 Å². The van der Waals surface area contributed by atoms with Crippen LogP contribution < -0.4 is 10.1 Å². The molecule has 3 rings (SSSR count). The quantitative estimate of drug-likeness (QED) is 0.846. The first kappa shape index (κ1) is 16.8. The van der Waals surface area contributed by atoms with Gasteiger partial charge in [0.25, 0.3) is 0 Å². The number of nitrogens with one attached hydrogen (secondary N) is 1. The van der Waals surface area contributed by atoms with E-state index < -0.39 is 0 Å². The number of benzene rings is 1. The van der Waals surface area contributed by atoms with E-state index in [-0.39, 0.29) is 6.09 Å². The van der Waals surface area contributed by atoms with E-state index in [0.29, 0.717) is 18.8 Å². The molecule has 1 aromatic carbocycles. The third-order valence-corrected chi connectivity index (χ3v) is 4.73. The van der Waals surface area contributed by atoms with Gasteiger partial charge in [0, 0.05) is 38.1 Å². The maximum absolute atomic E-state index is 12.0. The highest BCUT2D eigenvalue weighted by Crippen LogP contribution is 2.18. The Kier molecular flexibility index (Phi) is 6.09. The van der Waals surface area contributed by atoms with Crippen molar-refractivity contribution in [1.82, 2.24) is 15.2 Å². The van der Waals surface area contributed by atoms with E-state index in [1.165, 1.54) is 5.56 Å². The summed E-state index contributed by atoms with van der Waals surface area (Å²) < 4.78 is 5.43. The number of carbonyl (C=O) groups excluding carboxylic acids is 1. The average molecular weight is 343 g/mol. The second kappa shape index (κ2) is 8.70. The summed E-state index contributed by atoms with van der Waals surface area (Å²) in [5, 5.41) is 4.26. The molecule has 1 amide bonds. The molecule has 0 spiro atoms. The minimum absolute atomic E-state index is 0.269. The molecule has 0 saturated carbocycles. The highest BCUT2D eigenvalue weighted by Gasteiger charge is 2.17. The van der Waals surface area contributed by atoms with Gasteiger partial charge < -0.3 is 15.0 Å². The highest BCUT2D eigenvalue weighted by atomic mass is 32.2. The molecule has 1 aliphatic heterocycles. The molecule has 1 aliphatic rings. The first-order valence-corrected chi connectivity index (χ1v) is 9.10. The Morgan fingerprint density at radius 3 is 2.67 bits per heavy atom. The van der Waals surface area contributed by atoms with E-state index in [0.717, 1.165) is 30.3 Å². The Bertz CT molecular complexity index is 643. The molecule has 0 atom stereocenters. The molecular formula is C18H21N3O2S. The normalized spacial score (nSPS) is 14.4. The summed E-state index contributed by atoms with van der Waals surface area (Å²) in [6.45, 7) is 3.03. The molecule has 0 aliphatic carbocycles. The number of aryl methyl sites for hydroxylation is 1. The third-order valence-electron chi connectivity index (χ3n) is 3.78. The number of aromatic nitrogens is 1. The lowest BCUT2D eigenvalue weighted by atomic mass is 10.2. The molecule has 1 N–H and O–H groups in total. The zero-order valence-corrected chi connectivity index (χ0v) is 14.3. The lowest BCUT2D eigenvalue weighted by Gasteiger charge is -2.26. The van der Waals surface area contributed by atoms with E-state index >= 15 is 0 Å². The highest BCUT2D eigenvalue weighted by molar-refractivity contribution is 7.99. The molecular weight excluding hydrogens is 322 g/mol. The molecule has 1 saturated heterocycles. The second-order valence-corrected chi connectivity index (χ2v) is 6.63. The van der Waals surface area contributed by atoms with E-state index in [4.69, 9.17) is 4.74 Å². The number of hydrogen-bond acceptors (Lipinski definition) is 5. The van der Waals surface area contributed by atoms with E-state index in [1.807, 2.05) is 48.7 Å². The summed E-state index contributed by atoms with van der Waals surface area (Å²) in [6.07, 6.45) is 2.49. The standard InChI is InChI=1S/C18H21N3O2S/c22-18(21-12-10-19-11-13-21)23-16-6-4-15(5-7-16)8-14-24-17-3-1-2-9-20-17/h1-7,9,19H,8,10-14H2. The fourth-order valence-corrected chi connectivity index (χ4v) is 3.30. The Morgan fingerprint density at radius 1 is 1.17 bits per heavy atom. The third kappa shape index (κ3) is 4.97. The van der Waals surface area contributed by atoms with Crippen molar-refractivity contribution in [3.05, 3.63) is 54.2 Å². The number of piperazine rings is 1. The number of amides is 1. The Labute approximate surface area is 146 Å². The number of pyridine rings is 1. The van der Waals surface area contributed by atoms with Crippen molar-refractivity contribution in [3.8, 4) is 5.75 Å². The molecule has 5 nitrogen and oxygen atoms in total. The molecule has 2 heterocycles. The van der Waals surface area contributed by atoms with Crippen LogP contribution in [-0.2, 0) is 6.42 Å². The van der Waals surface area contributed by atoms with Crippen LogP contribution in [0.25, 0.3) is 0 Å². The van der Waals surface area contributed by atoms with Crippen molar-refractivity contribution >= 4 is 17.9 Å². The molecule has 1 fully saturated rings. The van der Waals surface area contributed by atoms with Crippen molar-refractivity contribution in [2.45, 2.75) is 11.4 Å². The predicted octanol–water partition coefficient (Wildman–Crippen LogP) is 2.82. The van der Waals surface area contributed by atoms with Crippen LogP contribution in [0.2, 0.25) is 0 Å². The van der Waals surface area contributed by atoms with Crippen molar-refractivity contribution in [2.75, 3.05) is 31.9 Å². The van der Waals surface area contributed by atoms with Gasteiger partial charge >= 0.3 is 6.09 Å². The first-order chi connectivity index (χ1) is 11.8. The SMILES string of the molecule is O=C(Oc1ccc(CCSc2ccccn2)cc1)N1CCNCC1. The zero-order valence-electron chi connectivity index (χ0n) is 13.5. The van der Waals surface area contributed by atoms with Gasteiger partial charge in [-0.25, -0.2) is 9.78 Å². The number of hydrogen-bond donors (Lipinski definition) is 1. The number of thioether (sulfide) groups is 1. The lowest BCUT2D eigenvalue weighted by Crippen LogP contribution is -2.47. The van der Waals surface area contributed by atoms with Gasteiger partial charge in [-0.15, -0.1) is 11.8 Å². The van der Waals surface area contributed by atoms with Gasteiger partial charge in [-0.3, -0.25) is 0 Å². The van der Waals surface area contributed by atoms with Crippen molar-refractivity contribution in [1.29, 1.82) is 0 Å². The van der Waals surface area contributed by atoms with Crippen LogP contribution in [0.15, 0.2) is 53.7 Å². The summed E-state index contributed by atoms with van der Waals surface area (Å²) in [5.41, 5.74) is 1.22. The van der Waals surface area contributed by atoms with Crippen molar-refractivity contribution in [2.24, 2.45) is 0 Å². The topological polar surface area (TPSA) is 54.5 Å². The van der Waals surface area contributed by atoms with Gasteiger partial charge in [-0.05, 0) is 36.2 Å². The van der Waals surface area contributed by atoms with Crippen LogP contribution in [0.1, 0.15) is 5.56 Å². The number of nitrogens with zero attached hydrogens (tertiary/aromatic N) is 2. The molecule has 24 heavy (non-hydrogen) atoms. The van der Waals surface area contributed by atoms with Crippen LogP contribution in [0.3, 0.4) is 0 Å². The van der Waals surface area contributed by atoms with Crippen LogP contribution in [0, 0.1) is 0 Å². The summed E-state index contributed by atoms with van der Waals surface area (Å²) >= 11 is 1.74. The average Bonchev–Trinajstić information content (AvgIpc) is 2.65. The minimum Gasteiger partial charge on any atom is -0.410 e. The predicted molar refractivity (Wildman–Crippen MR) is 95.6 cm³/mol. The fourth-order valence-electron chi connectivity index (χ4n) is 2.44. The van der Waals surface area contributed by atoms with Gasteiger partial charge in [0.05, 0.1) is 5.03 Å². The summed E-state index contributed by atoms with van der Waals surface area (Å²) in [5.74, 6) is 1.57. The molecule has 126 valence electrons. The van der Waals surface area contributed by atoms with Gasteiger partial charge in [-0.1, -0.05) is 18.2 Å². The number of carbonyl (C=O) groups is 1. The van der Waals surface area contributed by atoms with Crippen LogP contribution in [-0.4, -0.2) is 47.9 Å². The first-order valence-electron chi connectivity index (χ1n) is 8.11. The van der Waals surface area contributed by atoms with Gasteiger partial charge in [0.15, 0.2) is 0 Å². The fraction of sp³-hybridized carbons (Fsp3) is 0.333. The van der Waals surface area contributed by atoms with E-state index in [1.54, 1.807) is 16.7 Å². The largest absolute Gasteiger partial charge is 0.415 e. The van der Waals surface area contributed by atoms with Crippen LogP contribution in [0.4, 0.5) is 4.79 Å². The summed E-state index contributed by atoms with van der Waals surface area (Å²) in [7, 11) is 0. The molecule has 0 unspecified atom stereocenters. The van der Waals surface area contributed by atoms with Gasteiger partial charge in [0.1, 0.15) is 5.75 Å². The van der Waals surface area contributed by atoms with Crippen LogP contribution >= 0.6 is 11.8 Å². The smallest absolute Gasteiger partial charge is 0.410 e. The minimum atomic E-state index is -0.269. The van der Waals surface area contributed by atoms with Crippen LogP contribution in [0.5, 0.6) is 5.75 Å². The van der Waals surface area contributed by atoms with Crippen molar-refractivity contribution in [3.63, 3.8) is 0 Å². The molecule has 0 bridgehead atoms. The molecule has 6 heteroatoms. The molecule has 1 aromatic heterocycles. The number of rotatable bonds is 5. The van der Waals surface area contributed by atoms with Gasteiger partial charge in [-0.2, -0.15) is 0 Å². The van der Waals surface area contributed by atoms with Crippen molar-refractivity contribution < 1.29 is 9.53 Å². The van der Waals surface area contributed by atoms with Gasteiger partial charge in [0.2, 0.25) is 0 Å². The maximum atomic E-state index is 12.0. The molecule has 2 aromatic rings. The Morgan fingerprint density at radius 2 is 1.96 bits per heavy atom. The molecule has 0 radical (unpaired) electrons. The Hall–Kier alpha value is -2.05. The summed E-state index contributed by atoms with van der Waals surface area (Å²) in [6, 6.07) is 13.7. The monoisotopic (exact) mass is 343 g/mol. The zero-order chi connectivity index (χ0) is 16.6.